The van der Waals surface area contributed by atoms with Crippen LogP contribution in [0.4, 0.5) is 58.4 Å². The first-order valence-corrected chi connectivity index (χ1v) is 12.7. The van der Waals surface area contributed by atoms with Crippen molar-refractivity contribution in [1.29, 1.82) is 5.26 Å². The SMILES string of the molecule is [C-]#[N+]c1c(C(F)(F)F)c[c-]c(-c2cccc(C(C)(C)c3cccc(-c4[c-]cc(C(F)(F)F)c(C#N)c4C(F)(F)F)n3)n2)c1C(F)(F)F.[Pt+2]. The molecule has 0 aliphatic rings. The zero-order valence-corrected chi connectivity index (χ0v) is 26.0. The third-order valence-electron chi connectivity index (χ3n) is 6.93. The topological polar surface area (TPSA) is 53.9 Å². The molecule has 0 atom stereocenters. The monoisotopic (exact) mass is 865 g/mol. The van der Waals surface area contributed by atoms with Gasteiger partial charge in [0.2, 0.25) is 0 Å². The summed E-state index contributed by atoms with van der Waals surface area (Å²) in [7, 11) is 0. The van der Waals surface area contributed by atoms with E-state index in [2.05, 4.69) is 14.8 Å². The first kappa shape index (κ1) is 38.0. The standard InChI is InChI=1S/C31H14F12N4.Pt/c1-27(2,22-8-4-6-20(46-22)15-10-12-18(28(32,33)34)17(14-44)24(15)30(38,39)40)23-9-5-7-21(47-23)16-11-13-19(29(35,36)37)26(45-3)25(16)31(41,42)43;/h4-9,12-13H,1-2H3;/q-2;+2. The molecule has 2 heterocycles. The molecule has 0 unspecified atom stereocenters. The summed E-state index contributed by atoms with van der Waals surface area (Å²) < 4.78 is 165. The van der Waals surface area contributed by atoms with E-state index in [0.29, 0.717) is 0 Å². The maximum atomic E-state index is 14.1. The van der Waals surface area contributed by atoms with Crippen molar-refractivity contribution in [2.45, 2.75) is 44.0 Å². The maximum Gasteiger partial charge on any atom is 2.00 e. The van der Waals surface area contributed by atoms with Gasteiger partial charge in [-0.05, 0) is 65.2 Å². The molecule has 0 aliphatic heterocycles. The van der Waals surface area contributed by atoms with Crippen molar-refractivity contribution in [2.24, 2.45) is 0 Å². The predicted octanol–water partition coefficient (Wildman–Crippen LogP) is 10.2. The molecule has 4 aromatic rings. The predicted molar refractivity (Wildman–Crippen MR) is 140 cm³/mol. The van der Waals surface area contributed by atoms with Crippen LogP contribution in [0.25, 0.3) is 27.4 Å². The number of nitrogens with zero attached hydrogens (tertiary/aromatic N) is 4. The van der Waals surface area contributed by atoms with E-state index in [4.69, 9.17) is 6.57 Å². The molecule has 0 saturated heterocycles. The maximum absolute atomic E-state index is 14.1. The Morgan fingerprint density at radius 2 is 1.08 bits per heavy atom. The largest absolute Gasteiger partial charge is 2.00 e. The van der Waals surface area contributed by atoms with E-state index in [1.54, 1.807) is 0 Å². The van der Waals surface area contributed by atoms with Crippen LogP contribution in [0.1, 0.15) is 53.1 Å². The van der Waals surface area contributed by atoms with Gasteiger partial charge in [0.05, 0.1) is 12.6 Å². The molecule has 4 nitrogen and oxygen atoms in total. The minimum Gasteiger partial charge on any atom is -0.300 e. The Morgan fingerprint density at radius 1 is 0.667 bits per heavy atom. The Bertz CT molecular complexity index is 1810. The molecule has 2 aromatic carbocycles. The van der Waals surface area contributed by atoms with Gasteiger partial charge in [-0.2, -0.15) is 57.9 Å². The second-order valence-corrected chi connectivity index (χ2v) is 10.3. The molecule has 0 radical (unpaired) electrons. The Labute approximate surface area is 278 Å². The normalized spacial score (nSPS) is 12.6. The van der Waals surface area contributed by atoms with Gasteiger partial charge in [-0.15, -0.1) is 35.4 Å². The molecule has 0 aliphatic carbocycles. The van der Waals surface area contributed by atoms with Crippen molar-refractivity contribution in [3.63, 3.8) is 0 Å². The van der Waals surface area contributed by atoms with Gasteiger partial charge in [0, 0.05) is 16.8 Å². The van der Waals surface area contributed by atoms with Crippen LogP contribution in [-0.2, 0) is 51.2 Å². The molecular weight excluding hydrogens is 851 g/mol. The number of benzene rings is 2. The summed E-state index contributed by atoms with van der Waals surface area (Å²) in [4.78, 5) is 10.8. The van der Waals surface area contributed by atoms with Crippen molar-refractivity contribution >= 4 is 5.69 Å². The molecule has 2 aromatic heterocycles. The first-order chi connectivity index (χ1) is 21.5. The number of halogens is 12. The molecule has 17 heteroatoms. The average Bonchev–Trinajstić information content (AvgIpc) is 2.97. The molecule has 48 heavy (non-hydrogen) atoms. The van der Waals surface area contributed by atoms with Gasteiger partial charge >= 0.3 is 45.8 Å². The quantitative estimate of drug-likeness (QED) is 0.152. The minimum absolute atomic E-state index is 0. The van der Waals surface area contributed by atoms with Crippen molar-refractivity contribution in [1.82, 2.24) is 9.97 Å². The van der Waals surface area contributed by atoms with Crippen LogP contribution < -0.4 is 0 Å². The molecule has 252 valence electrons. The second-order valence-electron chi connectivity index (χ2n) is 10.3. The van der Waals surface area contributed by atoms with Gasteiger partial charge in [0.15, 0.2) is 0 Å². The van der Waals surface area contributed by atoms with Gasteiger partial charge in [-0.3, -0.25) is 4.85 Å². The van der Waals surface area contributed by atoms with E-state index in [9.17, 15) is 57.9 Å². The van der Waals surface area contributed by atoms with Gasteiger partial charge in [0.25, 0.3) is 0 Å². The summed E-state index contributed by atoms with van der Waals surface area (Å²) in [5, 5.41) is 9.27. The van der Waals surface area contributed by atoms with E-state index in [0.717, 1.165) is 18.2 Å². The van der Waals surface area contributed by atoms with Gasteiger partial charge in [-0.25, -0.2) is 0 Å². The fourth-order valence-corrected chi connectivity index (χ4v) is 4.70. The fourth-order valence-electron chi connectivity index (χ4n) is 4.70. The minimum atomic E-state index is -5.46. The van der Waals surface area contributed by atoms with Crippen LogP contribution in [0.2, 0.25) is 0 Å². The smallest absolute Gasteiger partial charge is 0.300 e. The van der Waals surface area contributed by atoms with Gasteiger partial charge < -0.3 is 9.97 Å². The molecule has 0 fully saturated rings. The van der Waals surface area contributed by atoms with Crippen molar-refractivity contribution < 1.29 is 73.8 Å². The van der Waals surface area contributed by atoms with E-state index in [1.807, 2.05) is 12.1 Å². The Balaban J connectivity index is 0.00000625. The third-order valence-corrected chi connectivity index (χ3v) is 6.93. The molecular formula is C31H14F12N4Pt. The molecule has 0 amide bonds. The molecule has 0 N–H and O–H groups in total. The fraction of sp³-hybridized carbons (Fsp3) is 0.226. The summed E-state index contributed by atoms with van der Waals surface area (Å²) in [5.41, 5.74) is -15.7. The molecule has 0 saturated carbocycles. The summed E-state index contributed by atoms with van der Waals surface area (Å²) in [6.45, 7) is 9.85. The zero-order chi connectivity index (χ0) is 35.3. The summed E-state index contributed by atoms with van der Waals surface area (Å²) >= 11 is 0. The van der Waals surface area contributed by atoms with Crippen LogP contribution in [0.3, 0.4) is 0 Å². The number of hydrogen-bond acceptors (Lipinski definition) is 3. The van der Waals surface area contributed by atoms with E-state index < -0.39 is 86.1 Å². The number of aromatic nitrogens is 2. The van der Waals surface area contributed by atoms with Crippen molar-refractivity contribution in [2.75, 3.05) is 0 Å². The second kappa shape index (κ2) is 12.9. The zero-order valence-electron chi connectivity index (χ0n) is 23.8. The summed E-state index contributed by atoms with van der Waals surface area (Å²) in [6.07, 6.45) is -21.5. The number of hydrogen-bond donors (Lipinski definition) is 0. The summed E-state index contributed by atoms with van der Waals surface area (Å²) in [6, 6.07) is 12.1. The van der Waals surface area contributed by atoms with Crippen LogP contribution in [-0.4, -0.2) is 9.97 Å². The summed E-state index contributed by atoms with van der Waals surface area (Å²) in [5.74, 6) is 0. The van der Waals surface area contributed by atoms with Crippen LogP contribution in [0.5, 0.6) is 0 Å². The third kappa shape index (κ3) is 7.19. The van der Waals surface area contributed by atoms with Crippen LogP contribution in [0.15, 0.2) is 48.5 Å². The van der Waals surface area contributed by atoms with Crippen molar-refractivity contribution in [3.05, 3.63) is 111 Å². The van der Waals surface area contributed by atoms with Crippen LogP contribution in [0, 0.1) is 30.0 Å². The van der Waals surface area contributed by atoms with Gasteiger partial charge in [0.1, 0.15) is 5.69 Å². The number of pyridine rings is 2. The molecule has 0 bridgehead atoms. The molecule has 0 spiro atoms. The van der Waals surface area contributed by atoms with E-state index >= 15 is 0 Å². The van der Waals surface area contributed by atoms with E-state index in [1.165, 1.54) is 38.1 Å². The first-order valence-electron chi connectivity index (χ1n) is 12.7. The molecule has 4 rings (SSSR count). The number of rotatable bonds is 4. The average molecular weight is 866 g/mol. The van der Waals surface area contributed by atoms with Crippen LogP contribution >= 0.6 is 0 Å². The number of alkyl halides is 12. The Morgan fingerprint density at radius 3 is 1.46 bits per heavy atom. The van der Waals surface area contributed by atoms with Gasteiger partial charge in [-0.1, -0.05) is 24.3 Å². The Kier molecular flexibility index (Phi) is 10.2. The van der Waals surface area contributed by atoms with E-state index in [-0.39, 0.29) is 44.6 Å². The number of nitriles is 1. The van der Waals surface area contributed by atoms with Crippen molar-refractivity contribution in [3.8, 4) is 28.6 Å². The Hall–Kier alpha value is -4.43.